The Morgan fingerprint density at radius 2 is 1.81 bits per heavy atom. The van der Waals surface area contributed by atoms with Crippen molar-refractivity contribution in [3.8, 4) is 11.1 Å². The molecule has 2 heterocycles. The maximum atomic E-state index is 12.4. The van der Waals surface area contributed by atoms with Crippen LogP contribution >= 0.6 is 22.9 Å². The molecule has 0 fully saturated rings. The molecule has 0 amide bonds. The number of alkyl halides is 3. The van der Waals surface area contributed by atoms with Crippen molar-refractivity contribution < 1.29 is 13.2 Å². The van der Waals surface area contributed by atoms with E-state index in [0.717, 1.165) is 11.1 Å². The molecule has 3 rings (SSSR count). The Balaban J connectivity index is 2.12. The summed E-state index contributed by atoms with van der Waals surface area (Å²) in [5.41, 5.74) is 1.76. The Morgan fingerprint density at radius 1 is 1.10 bits per heavy atom. The highest BCUT2D eigenvalue weighted by Gasteiger charge is 2.30. The third-order valence-corrected chi connectivity index (χ3v) is 4.02. The molecule has 0 aliphatic carbocycles. The van der Waals surface area contributed by atoms with Crippen molar-refractivity contribution in [2.45, 2.75) is 12.6 Å². The van der Waals surface area contributed by atoms with Crippen LogP contribution in [0.5, 0.6) is 0 Å². The summed E-state index contributed by atoms with van der Waals surface area (Å²) >= 11 is 7.34. The van der Waals surface area contributed by atoms with Crippen molar-refractivity contribution in [3.63, 3.8) is 0 Å². The number of nitrogens with zero attached hydrogens (tertiary/aromatic N) is 2. The third kappa shape index (κ3) is 3.01. The number of thiophene rings is 1. The van der Waals surface area contributed by atoms with Crippen LogP contribution in [0.2, 0.25) is 5.15 Å². The van der Waals surface area contributed by atoms with E-state index in [2.05, 4.69) is 9.97 Å². The molecule has 0 spiro atoms. The smallest absolute Gasteiger partial charge is 0.222 e. The summed E-state index contributed by atoms with van der Waals surface area (Å²) in [6.07, 6.45) is -5.53. The zero-order valence-corrected chi connectivity index (χ0v) is 12.1. The molecule has 0 atom stereocenters. The lowest BCUT2D eigenvalue weighted by Gasteiger charge is -2.06. The van der Waals surface area contributed by atoms with Gasteiger partial charge in [0, 0.05) is 10.9 Å². The summed E-state index contributed by atoms with van der Waals surface area (Å²) in [5, 5.41) is 2.48. The lowest BCUT2D eigenvalue weighted by Crippen LogP contribution is -2.14. The molecule has 2 aromatic heterocycles. The monoisotopic (exact) mass is 328 g/mol. The molecular weight excluding hydrogens is 321 g/mol. The summed E-state index contributed by atoms with van der Waals surface area (Å²) in [4.78, 5) is 8.22. The molecule has 7 heteroatoms. The van der Waals surface area contributed by atoms with Gasteiger partial charge in [0.05, 0.1) is 5.39 Å². The van der Waals surface area contributed by atoms with Gasteiger partial charge in [-0.3, -0.25) is 0 Å². The van der Waals surface area contributed by atoms with E-state index in [4.69, 9.17) is 11.6 Å². The highest BCUT2D eigenvalue weighted by atomic mass is 35.5. The predicted molar refractivity (Wildman–Crippen MR) is 77.6 cm³/mol. The number of hydrogen-bond donors (Lipinski definition) is 0. The van der Waals surface area contributed by atoms with E-state index in [0.29, 0.717) is 10.2 Å². The molecule has 0 radical (unpaired) electrons. The Morgan fingerprint density at radius 3 is 2.48 bits per heavy atom. The molecule has 3 aromatic rings. The Labute approximate surface area is 127 Å². The van der Waals surface area contributed by atoms with E-state index in [9.17, 15) is 13.2 Å². The van der Waals surface area contributed by atoms with Gasteiger partial charge in [-0.2, -0.15) is 13.2 Å². The lowest BCUT2D eigenvalue weighted by atomic mass is 10.1. The second-order valence-electron chi connectivity index (χ2n) is 4.42. The molecular formula is C14H8ClF3N2S. The van der Waals surface area contributed by atoms with Crippen molar-refractivity contribution >= 4 is 33.2 Å². The zero-order valence-electron chi connectivity index (χ0n) is 10.5. The first-order valence-electron chi connectivity index (χ1n) is 6.00. The minimum Gasteiger partial charge on any atom is -0.222 e. The van der Waals surface area contributed by atoms with E-state index < -0.39 is 12.6 Å². The van der Waals surface area contributed by atoms with E-state index in [1.54, 1.807) is 0 Å². The van der Waals surface area contributed by atoms with Crippen molar-refractivity contribution in [1.82, 2.24) is 9.97 Å². The molecule has 1 aromatic carbocycles. The molecule has 2 nitrogen and oxygen atoms in total. The van der Waals surface area contributed by atoms with Crippen LogP contribution in [0, 0.1) is 0 Å². The van der Waals surface area contributed by atoms with Gasteiger partial charge in [0.1, 0.15) is 22.2 Å². The van der Waals surface area contributed by atoms with Crippen LogP contribution < -0.4 is 0 Å². The molecule has 0 saturated heterocycles. The Hall–Kier alpha value is -1.66. The van der Waals surface area contributed by atoms with Crippen molar-refractivity contribution in [2.24, 2.45) is 0 Å². The topological polar surface area (TPSA) is 25.8 Å². The Bertz CT molecular complexity index is 784. The fraction of sp³-hybridized carbons (Fsp3) is 0.143. The summed E-state index contributed by atoms with van der Waals surface area (Å²) in [6.45, 7) is 0. The number of halogens is 4. The van der Waals surface area contributed by atoms with Crippen molar-refractivity contribution in [2.75, 3.05) is 0 Å². The molecule has 108 valence electrons. The molecule has 0 aliphatic heterocycles. The van der Waals surface area contributed by atoms with Gasteiger partial charge in [-0.1, -0.05) is 41.9 Å². The average Bonchev–Trinajstić information content (AvgIpc) is 2.82. The second-order valence-corrected chi connectivity index (χ2v) is 5.63. The van der Waals surface area contributed by atoms with Gasteiger partial charge in [-0.25, -0.2) is 9.97 Å². The number of hydrogen-bond acceptors (Lipinski definition) is 3. The van der Waals surface area contributed by atoms with Gasteiger partial charge in [0.2, 0.25) is 0 Å². The number of aromatic nitrogens is 2. The van der Waals surface area contributed by atoms with Crippen molar-refractivity contribution in [3.05, 3.63) is 46.7 Å². The largest absolute Gasteiger partial charge is 0.396 e. The molecule has 21 heavy (non-hydrogen) atoms. The van der Waals surface area contributed by atoms with Gasteiger partial charge in [-0.05, 0) is 5.56 Å². The maximum absolute atomic E-state index is 12.4. The standard InChI is InChI=1S/C14H8ClF3N2S/c15-12-11-9(8-4-2-1-3-5-8)7-21-13(11)20-10(19-12)6-14(16,17)18/h1-5,7H,6H2. The van der Waals surface area contributed by atoms with E-state index in [1.165, 1.54) is 11.3 Å². The third-order valence-electron chi connectivity index (χ3n) is 2.88. The number of benzene rings is 1. The SMILES string of the molecule is FC(F)(F)Cc1nc(Cl)c2c(-c3ccccc3)csc2n1. The predicted octanol–water partition coefficient (Wildman–Crippen LogP) is 5.12. The first kappa shape index (κ1) is 14.3. The normalized spacial score (nSPS) is 12.0. The van der Waals surface area contributed by atoms with Crippen molar-refractivity contribution in [1.29, 1.82) is 0 Å². The number of rotatable bonds is 2. The first-order chi connectivity index (χ1) is 9.94. The van der Waals surface area contributed by atoms with Gasteiger partial charge in [0.25, 0.3) is 0 Å². The molecule has 0 unspecified atom stereocenters. The Kier molecular flexibility index (Phi) is 3.59. The van der Waals surface area contributed by atoms with Crippen LogP contribution in [0.15, 0.2) is 35.7 Å². The van der Waals surface area contributed by atoms with E-state index in [1.807, 2.05) is 35.7 Å². The van der Waals surface area contributed by atoms with Crippen LogP contribution in [0.4, 0.5) is 13.2 Å². The molecule has 0 aliphatic rings. The van der Waals surface area contributed by atoms with Crippen LogP contribution in [-0.2, 0) is 6.42 Å². The highest BCUT2D eigenvalue weighted by Crippen LogP contribution is 2.37. The highest BCUT2D eigenvalue weighted by molar-refractivity contribution is 7.17. The fourth-order valence-electron chi connectivity index (χ4n) is 2.03. The summed E-state index contributed by atoms with van der Waals surface area (Å²) in [5.74, 6) is -0.304. The maximum Gasteiger partial charge on any atom is 0.396 e. The molecule has 0 saturated carbocycles. The zero-order chi connectivity index (χ0) is 15.0. The molecule has 0 N–H and O–H groups in total. The molecule has 0 bridgehead atoms. The van der Waals surface area contributed by atoms with Crippen LogP contribution in [0.25, 0.3) is 21.3 Å². The summed E-state index contributed by atoms with van der Waals surface area (Å²) in [7, 11) is 0. The average molecular weight is 329 g/mol. The summed E-state index contributed by atoms with van der Waals surface area (Å²) < 4.78 is 37.3. The second kappa shape index (κ2) is 5.27. The van der Waals surface area contributed by atoms with Gasteiger partial charge >= 0.3 is 6.18 Å². The van der Waals surface area contributed by atoms with E-state index >= 15 is 0 Å². The minimum absolute atomic E-state index is 0.0550. The van der Waals surface area contributed by atoms with Gasteiger partial charge < -0.3 is 0 Å². The first-order valence-corrected chi connectivity index (χ1v) is 7.25. The van der Waals surface area contributed by atoms with Crippen LogP contribution in [-0.4, -0.2) is 16.1 Å². The summed E-state index contributed by atoms with van der Waals surface area (Å²) in [6, 6.07) is 9.46. The van der Waals surface area contributed by atoms with Crippen LogP contribution in [0.1, 0.15) is 5.82 Å². The van der Waals surface area contributed by atoms with Gasteiger partial charge in [-0.15, -0.1) is 11.3 Å². The van der Waals surface area contributed by atoms with Crippen LogP contribution in [0.3, 0.4) is 0 Å². The lowest BCUT2D eigenvalue weighted by molar-refractivity contribution is -0.128. The van der Waals surface area contributed by atoms with E-state index in [-0.39, 0.29) is 11.0 Å². The quantitative estimate of drug-likeness (QED) is 0.610. The fourth-order valence-corrected chi connectivity index (χ4v) is 3.34. The minimum atomic E-state index is -4.35. The number of fused-ring (bicyclic) bond motifs is 1. The van der Waals surface area contributed by atoms with Gasteiger partial charge in [0.15, 0.2) is 0 Å².